The molecule has 2 aromatic rings. The number of piperidine rings is 1. The van der Waals surface area contributed by atoms with Crippen LogP contribution in [0.5, 0.6) is 5.75 Å². The number of sulfonamides is 1. The third kappa shape index (κ3) is 4.48. The molecule has 1 saturated heterocycles. The number of fused-ring (bicyclic) bond motifs is 1. The second-order valence-electron chi connectivity index (χ2n) is 8.35. The maximum atomic E-state index is 13.0. The Morgan fingerprint density at radius 1 is 1.03 bits per heavy atom. The third-order valence-corrected chi connectivity index (χ3v) is 8.22. The summed E-state index contributed by atoms with van der Waals surface area (Å²) in [7, 11) is -3.46. The van der Waals surface area contributed by atoms with E-state index in [1.807, 2.05) is 32.0 Å². The summed E-state index contributed by atoms with van der Waals surface area (Å²) in [5.74, 6) is 0.804. The molecule has 1 fully saturated rings. The summed E-state index contributed by atoms with van der Waals surface area (Å²) in [6.45, 7) is 6.11. The number of hydrogen-bond acceptors (Lipinski definition) is 4. The maximum Gasteiger partial charge on any atom is 0.243 e. The van der Waals surface area contributed by atoms with Gasteiger partial charge in [-0.15, -0.1) is 0 Å². The molecule has 0 N–H and O–H groups in total. The van der Waals surface area contributed by atoms with E-state index in [0.717, 1.165) is 47.4 Å². The summed E-state index contributed by atoms with van der Waals surface area (Å²) in [6.07, 6.45) is 3.86. The molecule has 2 aliphatic heterocycles. The van der Waals surface area contributed by atoms with Crippen LogP contribution in [0.1, 0.15) is 42.4 Å². The van der Waals surface area contributed by atoms with Crippen LogP contribution < -0.4 is 9.64 Å². The second kappa shape index (κ2) is 9.01. The lowest BCUT2D eigenvalue weighted by Gasteiger charge is -2.26. The maximum absolute atomic E-state index is 13.0. The van der Waals surface area contributed by atoms with Gasteiger partial charge in [0, 0.05) is 25.3 Å². The topological polar surface area (TPSA) is 66.9 Å². The Morgan fingerprint density at radius 2 is 1.81 bits per heavy atom. The number of anilines is 1. The van der Waals surface area contributed by atoms with Gasteiger partial charge in [-0.25, -0.2) is 8.42 Å². The van der Waals surface area contributed by atoms with Gasteiger partial charge in [0.1, 0.15) is 5.75 Å². The quantitative estimate of drug-likeness (QED) is 0.682. The Balaban J connectivity index is 1.41. The number of nitrogens with zero attached hydrogens (tertiary/aromatic N) is 2. The lowest BCUT2D eigenvalue weighted by Crippen LogP contribution is -2.35. The largest absolute Gasteiger partial charge is 0.493 e. The molecular formula is C24H30N2O4S. The van der Waals surface area contributed by atoms with Gasteiger partial charge < -0.3 is 9.64 Å². The Hall–Kier alpha value is -2.38. The van der Waals surface area contributed by atoms with Gasteiger partial charge >= 0.3 is 0 Å². The third-order valence-electron chi connectivity index (χ3n) is 6.33. The lowest BCUT2D eigenvalue weighted by molar-refractivity contribution is -0.119. The number of carbonyl (C=O) groups excluding carboxylic acids is 1. The fraction of sp³-hybridized carbons (Fsp3) is 0.458. The average molecular weight is 443 g/mol. The van der Waals surface area contributed by atoms with Gasteiger partial charge in [-0.3, -0.25) is 4.79 Å². The summed E-state index contributed by atoms with van der Waals surface area (Å²) >= 11 is 0. The van der Waals surface area contributed by atoms with Gasteiger partial charge in [0.15, 0.2) is 0 Å². The zero-order chi connectivity index (χ0) is 22.0. The van der Waals surface area contributed by atoms with Crippen LogP contribution in [0.3, 0.4) is 0 Å². The summed E-state index contributed by atoms with van der Waals surface area (Å²) in [6, 6.07) is 11.1. The first-order valence-electron chi connectivity index (χ1n) is 11.0. The van der Waals surface area contributed by atoms with Crippen LogP contribution in [-0.2, 0) is 21.2 Å². The molecule has 0 saturated carbocycles. The van der Waals surface area contributed by atoms with Crippen molar-refractivity contribution in [2.45, 2.75) is 50.8 Å². The summed E-state index contributed by atoms with van der Waals surface area (Å²) in [5, 5.41) is 0. The van der Waals surface area contributed by atoms with E-state index in [1.54, 1.807) is 27.4 Å². The molecule has 0 atom stereocenters. The lowest BCUT2D eigenvalue weighted by atomic mass is 10.1. The smallest absolute Gasteiger partial charge is 0.243 e. The molecule has 0 radical (unpaired) electrons. The molecule has 0 aromatic heterocycles. The molecule has 166 valence electrons. The van der Waals surface area contributed by atoms with Crippen LogP contribution in [0, 0.1) is 13.8 Å². The van der Waals surface area contributed by atoms with Gasteiger partial charge in [-0.1, -0.05) is 18.6 Å². The van der Waals surface area contributed by atoms with Crippen molar-refractivity contribution in [1.29, 1.82) is 0 Å². The molecule has 7 heteroatoms. The first-order chi connectivity index (χ1) is 14.9. The molecule has 2 heterocycles. The van der Waals surface area contributed by atoms with Gasteiger partial charge in [-0.05, 0) is 74.1 Å². The minimum atomic E-state index is -3.46. The summed E-state index contributed by atoms with van der Waals surface area (Å²) in [4.78, 5) is 14.9. The van der Waals surface area contributed by atoms with Crippen LogP contribution in [0.2, 0.25) is 0 Å². The van der Waals surface area contributed by atoms with Crippen molar-refractivity contribution in [3.05, 3.63) is 53.1 Å². The van der Waals surface area contributed by atoms with Gasteiger partial charge in [0.05, 0.1) is 17.9 Å². The van der Waals surface area contributed by atoms with E-state index < -0.39 is 10.0 Å². The molecule has 1 amide bonds. The molecule has 0 bridgehead atoms. The molecule has 6 nitrogen and oxygen atoms in total. The number of amides is 1. The van der Waals surface area contributed by atoms with E-state index in [4.69, 9.17) is 4.74 Å². The molecule has 2 aliphatic rings. The van der Waals surface area contributed by atoms with Gasteiger partial charge in [0.2, 0.25) is 15.9 Å². The molecular weight excluding hydrogens is 412 g/mol. The van der Waals surface area contributed by atoms with Crippen molar-refractivity contribution >= 4 is 21.6 Å². The molecule has 0 spiro atoms. The molecule has 2 aromatic carbocycles. The molecule has 4 rings (SSSR count). The van der Waals surface area contributed by atoms with E-state index >= 15 is 0 Å². The number of rotatable bonds is 6. The highest BCUT2D eigenvalue weighted by Gasteiger charge is 2.30. The van der Waals surface area contributed by atoms with E-state index in [1.165, 1.54) is 0 Å². The number of carbonyl (C=O) groups is 1. The number of benzene rings is 2. The Morgan fingerprint density at radius 3 is 2.58 bits per heavy atom. The highest BCUT2D eigenvalue weighted by molar-refractivity contribution is 7.89. The van der Waals surface area contributed by atoms with Crippen LogP contribution in [-0.4, -0.2) is 44.9 Å². The number of aryl methyl sites for hydroxylation is 1. The zero-order valence-electron chi connectivity index (χ0n) is 18.3. The Kier molecular flexibility index (Phi) is 6.34. The first-order valence-corrected chi connectivity index (χ1v) is 12.4. The Labute approximate surface area is 184 Å². The van der Waals surface area contributed by atoms with Gasteiger partial charge in [0.25, 0.3) is 0 Å². The highest BCUT2D eigenvalue weighted by atomic mass is 32.2. The second-order valence-corrected chi connectivity index (χ2v) is 10.3. The van der Waals surface area contributed by atoms with Gasteiger partial charge in [-0.2, -0.15) is 4.31 Å². The average Bonchev–Trinajstić information content (AvgIpc) is 3.20. The van der Waals surface area contributed by atoms with Crippen molar-refractivity contribution in [3.8, 4) is 5.75 Å². The Bertz CT molecular complexity index is 1070. The van der Waals surface area contributed by atoms with Crippen LogP contribution in [0.15, 0.2) is 41.3 Å². The van der Waals surface area contributed by atoms with E-state index in [2.05, 4.69) is 0 Å². The van der Waals surface area contributed by atoms with E-state index in [-0.39, 0.29) is 12.3 Å². The van der Waals surface area contributed by atoms with Crippen molar-refractivity contribution in [2.75, 3.05) is 31.1 Å². The van der Waals surface area contributed by atoms with Crippen LogP contribution in [0.4, 0.5) is 5.69 Å². The molecule has 31 heavy (non-hydrogen) atoms. The van der Waals surface area contributed by atoms with Crippen molar-refractivity contribution in [2.24, 2.45) is 0 Å². The zero-order valence-corrected chi connectivity index (χ0v) is 19.1. The van der Waals surface area contributed by atoms with Crippen LogP contribution >= 0.6 is 0 Å². The van der Waals surface area contributed by atoms with E-state index in [9.17, 15) is 13.2 Å². The SMILES string of the molecule is Cc1cccc(OCCC(=O)N2CCc3cc(S(=O)(=O)N4CCCCC4)ccc32)c1C. The summed E-state index contributed by atoms with van der Waals surface area (Å²) in [5.41, 5.74) is 3.98. The summed E-state index contributed by atoms with van der Waals surface area (Å²) < 4.78 is 33.3. The number of hydrogen-bond donors (Lipinski definition) is 0. The monoisotopic (exact) mass is 442 g/mol. The predicted octanol–water partition coefficient (Wildman–Crippen LogP) is 3.84. The van der Waals surface area contributed by atoms with E-state index in [0.29, 0.717) is 37.6 Å². The fourth-order valence-corrected chi connectivity index (χ4v) is 5.88. The molecule has 0 unspecified atom stereocenters. The number of ether oxygens (including phenoxy) is 1. The molecule has 0 aliphatic carbocycles. The predicted molar refractivity (Wildman–Crippen MR) is 121 cm³/mol. The first kappa shape index (κ1) is 21.8. The van der Waals surface area contributed by atoms with Crippen molar-refractivity contribution in [1.82, 2.24) is 4.31 Å². The normalized spacial score (nSPS) is 16.9. The minimum Gasteiger partial charge on any atom is -0.493 e. The van der Waals surface area contributed by atoms with Crippen LogP contribution in [0.25, 0.3) is 0 Å². The highest BCUT2D eigenvalue weighted by Crippen LogP contribution is 2.32. The fourth-order valence-electron chi connectivity index (χ4n) is 4.32. The van der Waals surface area contributed by atoms with Crippen molar-refractivity contribution < 1.29 is 17.9 Å². The van der Waals surface area contributed by atoms with Crippen molar-refractivity contribution in [3.63, 3.8) is 0 Å². The standard InChI is InChI=1S/C24H30N2O4S/c1-18-7-6-8-23(19(18)2)30-16-12-24(27)26-15-11-20-17-21(9-10-22(20)26)31(28,29)25-13-4-3-5-14-25/h6-10,17H,3-5,11-16H2,1-2H3. The minimum absolute atomic E-state index is 0.00399.